The van der Waals surface area contributed by atoms with Crippen molar-refractivity contribution in [2.24, 2.45) is 0 Å². The molecule has 0 saturated heterocycles. The first-order valence-corrected chi connectivity index (χ1v) is 10.7. The molecule has 0 atom stereocenters. The fraction of sp³-hybridized carbons (Fsp3) is 0.381. The molecule has 4 rings (SSSR count). The number of rotatable bonds is 4. The van der Waals surface area contributed by atoms with Crippen molar-refractivity contribution < 1.29 is 4.79 Å². The molecule has 0 N–H and O–H groups in total. The fourth-order valence-electron chi connectivity index (χ4n) is 3.74. The summed E-state index contributed by atoms with van der Waals surface area (Å²) >= 11 is 7.35. The molecule has 0 radical (unpaired) electrons. The monoisotopic (exact) mass is 415 g/mol. The summed E-state index contributed by atoms with van der Waals surface area (Å²) < 4.78 is 1.99. The van der Waals surface area contributed by atoms with E-state index in [0.29, 0.717) is 15.2 Å². The van der Waals surface area contributed by atoms with Gasteiger partial charge in [0, 0.05) is 23.0 Å². The summed E-state index contributed by atoms with van der Waals surface area (Å²) in [5, 5.41) is 0.672. The van der Waals surface area contributed by atoms with E-state index in [-0.39, 0.29) is 24.1 Å². The summed E-state index contributed by atoms with van der Waals surface area (Å²) in [6, 6.07) is 9.69. The summed E-state index contributed by atoms with van der Waals surface area (Å²) in [6.07, 6.45) is 7.15. The summed E-state index contributed by atoms with van der Waals surface area (Å²) in [4.78, 5) is 32.8. The highest BCUT2D eigenvalue weighted by atomic mass is 35.5. The Kier molecular flexibility index (Phi) is 5.51. The highest BCUT2D eigenvalue weighted by Gasteiger charge is 2.22. The average Bonchev–Trinajstić information content (AvgIpc) is 3.16. The van der Waals surface area contributed by atoms with Crippen LogP contribution in [0.5, 0.6) is 0 Å². The van der Waals surface area contributed by atoms with E-state index >= 15 is 0 Å². The maximum Gasteiger partial charge on any atom is 0.271 e. The number of hydrogen-bond donors (Lipinski definition) is 0. The van der Waals surface area contributed by atoms with Gasteiger partial charge in [-0.05, 0) is 36.6 Å². The van der Waals surface area contributed by atoms with Crippen molar-refractivity contribution in [2.75, 3.05) is 7.05 Å². The molecule has 0 unspecified atom stereocenters. The lowest BCUT2D eigenvalue weighted by molar-refractivity contribution is -0.133. The molecule has 146 valence electrons. The molecule has 1 aliphatic rings. The van der Waals surface area contributed by atoms with Crippen LogP contribution < -0.4 is 5.56 Å². The van der Waals surface area contributed by atoms with Gasteiger partial charge < -0.3 is 4.90 Å². The third kappa shape index (κ3) is 3.84. The Morgan fingerprint density at radius 2 is 1.96 bits per heavy atom. The first kappa shape index (κ1) is 19.2. The molecular weight excluding hydrogens is 394 g/mol. The third-order valence-electron chi connectivity index (χ3n) is 5.45. The van der Waals surface area contributed by atoms with Crippen molar-refractivity contribution in [3.63, 3.8) is 0 Å². The van der Waals surface area contributed by atoms with Crippen LogP contribution >= 0.6 is 22.9 Å². The van der Waals surface area contributed by atoms with Crippen molar-refractivity contribution >= 4 is 39.1 Å². The first-order valence-electron chi connectivity index (χ1n) is 9.53. The molecule has 28 heavy (non-hydrogen) atoms. The summed E-state index contributed by atoms with van der Waals surface area (Å²) in [6.45, 7) is 0.0307. The smallest absolute Gasteiger partial charge is 0.271 e. The molecule has 0 bridgehead atoms. The second kappa shape index (κ2) is 8.05. The van der Waals surface area contributed by atoms with E-state index in [4.69, 9.17) is 11.6 Å². The fourth-order valence-corrected chi connectivity index (χ4v) is 4.93. The van der Waals surface area contributed by atoms with Gasteiger partial charge in [-0.25, -0.2) is 4.98 Å². The van der Waals surface area contributed by atoms with Crippen molar-refractivity contribution in [1.29, 1.82) is 0 Å². The van der Waals surface area contributed by atoms with E-state index in [1.165, 1.54) is 41.5 Å². The van der Waals surface area contributed by atoms with Gasteiger partial charge in [0.2, 0.25) is 5.91 Å². The normalized spacial score (nSPS) is 15.1. The van der Waals surface area contributed by atoms with Crippen molar-refractivity contribution in [1.82, 2.24) is 14.5 Å². The van der Waals surface area contributed by atoms with E-state index in [1.54, 1.807) is 0 Å². The minimum Gasteiger partial charge on any atom is -0.341 e. The number of hydrogen-bond acceptors (Lipinski definition) is 4. The summed E-state index contributed by atoms with van der Waals surface area (Å²) in [7, 11) is 1.85. The average molecular weight is 416 g/mol. The molecule has 1 aromatic carbocycles. The van der Waals surface area contributed by atoms with E-state index in [1.807, 2.05) is 42.3 Å². The Labute approximate surface area is 172 Å². The number of likely N-dealkylation sites (N-methyl/N-ethyl adjacent to an activating group) is 1. The lowest BCUT2D eigenvalue weighted by Gasteiger charge is -2.31. The van der Waals surface area contributed by atoms with Crippen LogP contribution in [0, 0.1) is 0 Å². The van der Waals surface area contributed by atoms with E-state index in [2.05, 4.69) is 4.98 Å². The van der Waals surface area contributed by atoms with Crippen LogP contribution in [0.25, 0.3) is 20.7 Å². The Balaban J connectivity index is 1.58. The quantitative estimate of drug-likeness (QED) is 0.627. The van der Waals surface area contributed by atoms with E-state index in [9.17, 15) is 9.59 Å². The Morgan fingerprint density at radius 1 is 1.25 bits per heavy atom. The number of thiophene rings is 1. The Hall–Kier alpha value is -2.18. The number of amides is 1. The van der Waals surface area contributed by atoms with Crippen LogP contribution in [0.4, 0.5) is 0 Å². The molecule has 2 aromatic heterocycles. The number of fused-ring (bicyclic) bond motifs is 1. The van der Waals surface area contributed by atoms with Gasteiger partial charge in [-0.3, -0.25) is 14.2 Å². The van der Waals surface area contributed by atoms with Gasteiger partial charge in [-0.2, -0.15) is 0 Å². The number of benzene rings is 1. The predicted molar refractivity (Wildman–Crippen MR) is 114 cm³/mol. The second-order valence-corrected chi connectivity index (χ2v) is 8.79. The first-order chi connectivity index (χ1) is 13.5. The van der Waals surface area contributed by atoms with Crippen LogP contribution in [0.1, 0.15) is 32.1 Å². The van der Waals surface area contributed by atoms with Gasteiger partial charge >= 0.3 is 0 Å². The maximum atomic E-state index is 12.9. The molecule has 5 nitrogen and oxygen atoms in total. The van der Waals surface area contributed by atoms with Crippen molar-refractivity contribution in [3.8, 4) is 10.4 Å². The highest BCUT2D eigenvalue weighted by molar-refractivity contribution is 7.22. The number of carbonyl (C=O) groups excluding carboxylic acids is 1. The SMILES string of the molecule is CN(C(=O)Cn1cnc2cc(-c3ccc(Cl)cc3)sc2c1=O)C1CCCCC1. The van der Waals surface area contributed by atoms with Crippen LogP contribution in [-0.4, -0.2) is 33.4 Å². The minimum absolute atomic E-state index is 0.0307. The minimum atomic E-state index is -0.166. The maximum absolute atomic E-state index is 12.9. The van der Waals surface area contributed by atoms with Crippen molar-refractivity contribution in [2.45, 2.75) is 44.7 Å². The largest absolute Gasteiger partial charge is 0.341 e. The molecule has 3 aromatic rings. The van der Waals surface area contributed by atoms with Gasteiger partial charge in [-0.1, -0.05) is 43.0 Å². The van der Waals surface area contributed by atoms with Crippen LogP contribution in [-0.2, 0) is 11.3 Å². The molecule has 1 aliphatic carbocycles. The Bertz CT molecular complexity index is 1050. The summed E-state index contributed by atoms with van der Waals surface area (Å²) in [5.74, 6) is -0.0374. The second-order valence-electron chi connectivity index (χ2n) is 7.31. The zero-order valence-electron chi connectivity index (χ0n) is 15.7. The van der Waals surface area contributed by atoms with E-state index < -0.39 is 0 Å². The third-order valence-corrected chi connectivity index (χ3v) is 6.87. The van der Waals surface area contributed by atoms with Gasteiger partial charge in [0.15, 0.2) is 0 Å². The topological polar surface area (TPSA) is 55.2 Å². The number of halogens is 1. The zero-order valence-corrected chi connectivity index (χ0v) is 17.3. The van der Waals surface area contributed by atoms with E-state index in [0.717, 1.165) is 23.3 Å². The van der Waals surface area contributed by atoms with Gasteiger partial charge in [0.05, 0.1) is 11.8 Å². The number of nitrogens with zero attached hydrogens (tertiary/aromatic N) is 3. The van der Waals surface area contributed by atoms with Crippen molar-refractivity contribution in [3.05, 3.63) is 52.0 Å². The molecule has 1 saturated carbocycles. The summed E-state index contributed by atoms with van der Waals surface area (Å²) in [5.41, 5.74) is 1.48. The molecule has 7 heteroatoms. The molecule has 1 amide bonds. The van der Waals surface area contributed by atoms with Gasteiger partial charge in [0.1, 0.15) is 11.2 Å². The van der Waals surface area contributed by atoms with Gasteiger partial charge in [-0.15, -0.1) is 11.3 Å². The van der Waals surface area contributed by atoms with Gasteiger partial charge in [0.25, 0.3) is 5.56 Å². The van der Waals surface area contributed by atoms with Crippen LogP contribution in [0.3, 0.4) is 0 Å². The predicted octanol–water partition coefficient (Wildman–Crippen LogP) is 4.57. The number of carbonyl (C=O) groups is 1. The molecule has 0 spiro atoms. The van der Waals surface area contributed by atoms with Crippen LogP contribution in [0.2, 0.25) is 5.02 Å². The van der Waals surface area contributed by atoms with Crippen LogP contribution in [0.15, 0.2) is 41.5 Å². The molecular formula is C21H22ClN3O2S. The zero-order chi connectivity index (χ0) is 19.7. The molecule has 1 fully saturated rings. The molecule has 0 aliphatic heterocycles. The Morgan fingerprint density at radius 3 is 2.68 bits per heavy atom. The number of aromatic nitrogens is 2. The standard InChI is InChI=1S/C21H22ClN3O2S/c1-24(16-5-3-2-4-6-16)19(26)12-25-13-23-17-11-18(28-20(17)21(25)27)14-7-9-15(22)10-8-14/h7-11,13,16H,2-6,12H2,1H3. The molecule has 2 heterocycles. The lowest BCUT2D eigenvalue weighted by Crippen LogP contribution is -2.41. The lowest BCUT2D eigenvalue weighted by atomic mass is 9.94. The highest BCUT2D eigenvalue weighted by Crippen LogP contribution is 2.31.